The maximum atomic E-state index is 13.0. The van der Waals surface area contributed by atoms with Gasteiger partial charge in [0.2, 0.25) is 5.91 Å². The van der Waals surface area contributed by atoms with E-state index in [1.165, 1.54) is 0 Å². The Labute approximate surface area is 270 Å². The number of amides is 2. The van der Waals surface area contributed by atoms with Crippen LogP contribution in [-0.4, -0.2) is 66.5 Å². The van der Waals surface area contributed by atoms with Gasteiger partial charge in [0, 0.05) is 13.1 Å². The minimum absolute atomic E-state index is 0.00236. The van der Waals surface area contributed by atoms with Gasteiger partial charge in [0.25, 0.3) is 0 Å². The Kier molecular flexibility index (Phi) is 8.74. The third-order valence-corrected chi connectivity index (χ3v) is 8.97. The number of nitrogens with two attached hydrogens (primary N) is 1. The molecule has 4 N–H and O–H groups in total. The van der Waals surface area contributed by atoms with Gasteiger partial charge in [-0.25, -0.2) is 14.8 Å². The Hall–Kier alpha value is -4.44. The van der Waals surface area contributed by atoms with E-state index in [9.17, 15) is 9.59 Å². The smallest absolute Gasteiger partial charge is 0.410 e. The number of carbonyl (C=O) groups excluding carboxylic acids is 2. The molecule has 242 valence electrons. The average Bonchev–Trinajstić information content (AvgIpc) is 3.85. The lowest BCUT2D eigenvalue weighted by atomic mass is 10.0. The van der Waals surface area contributed by atoms with Crippen molar-refractivity contribution in [3.05, 3.63) is 72.6 Å². The molecule has 6 rings (SSSR count). The van der Waals surface area contributed by atoms with Gasteiger partial charge >= 0.3 is 6.09 Å². The highest BCUT2D eigenvalue weighted by atomic mass is 16.6. The predicted octanol–water partition coefficient (Wildman–Crippen LogP) is 6.85. The molecule has 2 saturated heterocycles. The number of benzene rings is 2. The van der Waals surface area contributed by atoms with E-state index in [2.05, 4.69) is 68.5 Å². The van der Waals surface area contributed by atoms with Crippen molar-refractivity contribution in [2.45, 2.75) is 84.0 Å². The average molecular weight is 624 g/mol. The molecule has 4 heterocycles. The third kappa shape index (κ3) is 6.58. The quantitative estimate of drug-likeness (QED) is 0.206. The van der Waals surface area contributed by atoms with E-state index in [0.29, 0.717) is 13.1 Å². The summed E-state index contributed by atoms with van der Waals surface area (Å²) in [6, 6.07) is 16.1. The number of nitrogens with one attached hydrogen (secondary N) is 2. The zero-order valence-corrected chi connectivity index (χ0v) is 27.4. The molecule has 0 aliphatic carbocycles. The Bertz CT molecular complexity index is 1670. The maximum Gasteiger partial charge on any atom is 0.410 e. The molecule has 1 unspecified atom stereocenters. The van der Waals surface area contributed by atoms with Crippen LogP contribution in [0.5, 0.6) is 0 Å². The van der Waals surface area contributed by atoms with Gasteiger partial charge in [0.05, 0.1) is 41.9 Å². The largest absolute Gasteiger partial charge is 0.444 e. The lowest BCUT2D eigenvalue weighted by molar-refractivity contribution is -0.134. The number of ether oxygens (including phenoxy) is 1. The van der Waals surface area contributed by atoms with Crippen molar-refractivity contribution >= 4 is 12.0 Å². The molecule has 2 aromatic carbocycles. The first-order chi connectivity index (χ1) is 22.0. The first-order valence-corrected chi connectivity index (χ1v) is 16.4. The Morgan fingerprint density at radius 2 is 1.22 bits per heavy atom. The number of imidazole rings is 2. The number of hydrogen-bond donors (Lipinski definition) is 3. The van der Waals surface area contributed by atoms with Crippen molar-refractivity contribution in [3.63, 3.8) is 0 Å². The molecule has 0 spiro atoms. The summed E-state index contributed by atoms with van der Waals surface area (Å²) in [4.78, 5) is 45.6. The van der Waals surface area contributed by atoms with Crippen molar-refractivity contribution < 1.29 is 14.3 Å². The van der Waals surface area contributed by atoms with E-state index in [4.69, 9.17) is 10.5 Å². The van der Waals surface area contributed by atoms with Crippen LogP contribution in [0.2, 0.25) is 0 Å². The van der Waals surface area contributed by atoms with Gasteiger partial charge in [0.15, 0.2) is 0 Å². The molecule has 2 aliphatic rings. The van der Waals surface area contributed by atoms with Gasteiger partial charge in [0.1, 0.15) is 17.2 Å². The molecule has 2 amide bonds. The highest BCUT2D eigenvalue weighted by Crippen LogP contribution is 2.35. The number of hydrogen-bond acceptors (Lipinski definition) is 6. The number of aromatic nitrogens is 4. The zero-order valence-electron chi connectivity index (χ0n) is 27.4. The predicted molar refractivity (Wildman–Crippen MR) is 178 cm³/mol. The zero-order chi connectivity index (χ0) is 32.6. The molecule has 0 bridgehead atoms. The van der Waals surface area contributed by atoms with Gasteiger partial charge in [-0.1, -0.05) is 62.4 Å². The molecule has 4 aromatic rings. The second-order valence-corrected chi connectivity index (χ2v) is 13.8. The normalized spacial score (nSPS) is 19.2. The van der Waals surface area contributed by atoms with E-state index in [1.807, 2.05) is 51.9 Å². The first-order valence-electron chi connectivity index (χ1n) is 16.4. The number of nitrogens with zero attached hydrogens (tertiary/aromatic N) is 4. The van der Waals surface area contributed by atoms with Crippen LogP contribution in [0, 0.1) is 5.92 Å². The Morgan fingerprint density at radius 1 is 0.783 bits per heavy atom. The second-order valence-electron chi connectivity index (χ2n) is 13.8. The van der Waals surface area contributed by atoms with E-state index < -0.39 is 11.6 Å². The summed E-state index contributed by atoms with van der Waals surface area (Å²) in [5.41, 5.74) is 11.8. The van der Waals surface area contributed by atoms with Crippen LogP contribution in [-0.2, 0) is 9.53 Å². The van der Waals surface area contributed by atoms with Gasteiger partial charge in [-0.3, -0.25) is 9.69 Å². The van der Waals surface area contributed by atoms with Crippen molar-refractivity contribution in [1.82, 2.24) is 29.7 Å². The lowest BCUT2D eigenvalue weighted by Gasteiger charge is -2.27. The van der Waals surface area contributed by atoms with Gasteiger partial charge < -0.3 is 25.3 Å². The topological polar surface area (TPSA) is 133 Å². The van der Waals surface area contributed by atoms with Crippen LogP contribution in [0.25, 0.3) is 33.6 Å². The molecular formula is C36H45N7O3. The van der Waals surface area contributed by atoms with E-state index in [1.54, 1.807) is 4.90 Å². The summed E-state index contributed by atoms with van der Waals surface area (Å²) in [5.74, 6) is 1.68. The van der Waals surface area contributed by atoms with Gasteiger partial charge in [-0.15, -0.1) is 0 Å². The molecule has 10 nitrogen and oxygen atoms in total. The van der Waals surface area contributed by atoms with Crippen molar-refractivity contribution in [3.8, 4) is 33.6 Å². The van der Waals surface area contributed by atoms with E-state index in [-0.39, 0.29) is 30.0 Å². The number of aromatic amines is 2. The number of carbonyl (C=O) groups is 2. The molecule has 46 heavy (non-hydrogen) atoms. The van der Waals surface area contributed by atoms with Crippen LogP contribution >= 0.6 is 0 Å². The monoisotopic (exact) mass is 623 g/mol. The molecule has 2 aromatic heterocycles. The fourth-order valence-corrected chi connectivity index (χ4v) is 6.37. The number of H-pyrrole nitrogens is 2. The summed E-state index contributed by atoms with van der Waals surface area (Å²) in [6.07, 6.45) is 6.98. The van der Waals surface area contributed by atoms with Crippen LogP contribution < -0.4 is 5.73 Å². The van der Waals surface area contributed by atoms with Crippen molar-refractivity contribution in [2.24, 2.45) is 11.7 Å². The van der Waals surface area contributed by atoms with Crippen LogP contribution in [0.4, 0.5) is 4.79 Å². The van der Waals surface area contributed by atoms with Crippen LogP contribution in [0.15, 0.2) is 60.9 Å². The molecule has 0 saturated carbocycles. The molecule has 0 radical (unpaired) electrons. The minimum Gasteiger partial charge on any atom is -0.444 e. The molecular weight excluding hydrogens is 578 g/mol. The molecule has 10 heteroatoms. The fourth-order valence-electron chi connectivity index (χ4n) is 6.37. The summed E-state index contributed by atoms with van der Waals surface area (Å²) in [6.45, 7) is 11.0. The second kappa shape index (κ2) is 12.7. The van der Waals surface area contributed by atoms with Crippen molar-refractivity contribution in [2.75, 3.05) is 13.1 Å². The Morgan fingerprint density at radius 3 is 1.67 bits per heavy atom. The summed E-state index contributed by atoms with van der Waals surface area (Å²) >= 11 is 0. The summed E-state index contributed by atoms with van der Waals surface area (Å²) in [5, 5.41) is 0. The highest BCUT2D eigenvalue weighted by molar-refractivity contribution is 5.82. The fraction of sp³-hybridized carbons (Fsp3) is 0.444. The number of rotatable bonds is 7. The van der Waals surface area contributed by atoms with Crippen LogP contribution in [0.3, 0.4) is 0 Å². The lowest BCUT2D eigenvalue weighted by Crippen LogP contribution is -2.46. The van der Waals surface area contributed by atoms with Gasteiger partial charge in [-0.2, -0.15) is 0 Å². The SMILES string of the molecule is CC(C)C(N)C(=O)N1CCC[C@H]1c1ncc(-c2ccc(-c3ccc(-c4cnc([C@@H]5CCCN5C(=O)OC(C)(C)C)[nH]4)cc3)cc2)[nH]1. The van der Waals surface area contributed by atoms with E-state index >= 15 is 0 Å². The Balaban J connectivity index is 1.11. The third-order valence-electron chi connectivity index (χ3n) is 8.97. The molecule has 2 fully saturated rings. The van der Waals surface area contributed by atoms with Crippen LogP contribution in [0.1, 0.15) is 84.0 Å². The highest BCUT2D eigenvalue weighted by Gasteiger charge is 2.36. The van der Waals surface area contributed by atoms with Crippen molar-refractivity contribution in [1.29, 1.82) is 0 Å². The summed E-state index contributed by atoms with van der Waals surface area (Å²) < 4.78 is 5.62. The molecule has 3 atom stereocenters. The first kappa shape index (κ1) is 31.5. The molecule has 2 aliphatic heterocycles. The number of likely N-dealkylation sites (tertiary alicyclic amines) is 2. The summed E-state index contributed by atoms with van der Waals surface area (Å²) in [7, 11) is 0. The van der Waals surface area contributed by atoms with E-state index in [0.717, 1.165) is 71.0 Å². The standard InChI is InChI=1S/C36H45N7O3/c1-22(2)31(37)34(44)42-18-6-8-29(42)32-38-20-27(40-32)25-14-10-23(11-15-25)24-12-16-26(17-13-24)28-21-39-33(41-28)30-9-7-19-43(30)35(45)46-36(3,4)5/h10-17,20-22,29-31H,6-9,18-19,37H2,1-5H3,(H,38,40)(H,39,41)/t29-,30-,31?/m0/s1. The minimum atomic E-state index is -0.536. The van der Waals surface area contributed by atoms with Gasteiger partial charge in [-0.05, 0) is 74.6 Å². The maximum absolute atomic E-state index is 13.0.